The Morgan fingerprint density at radius 2 is 2.08 bits per heavy atom. The van der Waals surface area contributed by atoms with Gasteiger partial charge in [-0.3, -0.25) is 0 Å². The van der Waals surface area contributed by atoms with Gasteiger partial charge in [0.05, 0.1) is 0 Å². The maximum atomic E-state index is 3.74. The van der Waals surface area contributed by atoms with Gasteiger partial charge in [-0.1, -0.05) is 36.9 Å². The number of hydrogen-bond acceptors (Lipinski definition) is 0. The van der Waals surface area contributed by atoms with Crippen LogP contribution in [0, 0.1) is 0 Å². The number of benzene rings is 1. The van der Waals surface area contributed by atoms with Gasteiger partial charge in [-0.05, 0) is 13.0 Å². The summed E-state index contributed by atoms with van der Waals surface area (Å²) in [6.07, 6.45) is 1.96. The molecule has 0 aliphatic carbocycles. The fraction of sp³-hybridized carbons (Fsp3) is 0.273. The van der Waals surface area contributed by atoms with Crippen molar-refractivity contribution in [3.05, 3.63) is 48.6 Å². The van der Waals surface area contributed by atoms with E-state index in [0.717, 1.165) is 6.54 Å². The van der Waals surface area contributed by atoms with Gasteiger partial charge in [-0.2, -0.15) is 0 Å². The largest absolute Gasteiger partial charge is 0.337 e. The summed E-state index contributed by atoms with van der Waals surface area (Å²) >= 11 is 0. The van der Waals surface area contributed by atoms with Crippen LogP contribution in [0.1, 0.15) is 12.5 Å². The standard InChI is InChI=1S/C11H15N/c1-3-10(2)12-9-11-7-5-4-6-8-11/h3-8,10,12H,1,9H2,2H3/p+1/t10-/m0/s1. The normalized spacial score (nSPS) is 12.4. The second-order valence-electron chi connectivity index (χ2n) is 3.02. The van der Waals surface area contributed by atoms with E-state index in [1.807, 2.05) is 12.1 Å². The third-order valence-corrected chi connectivity index (χ3v) is 1.94. The first kappa shape index (κ1) is 9.01. The third-order valence-electron chi connectivity index (χ3n) is 1.94. The molecule has 0 amide bonds. The first-order valence-electron chi connectivity index (χ1n) is 4.32. The van der Waals surface area contributed by atoms with E-state index in [1.54, 1.807) is 0 Å². The fourth-order valence-electron chi connectivity index (χ4n) is 1.03. The van der Waals surface area contributed by atoms with Gasteiger partial charge in [0.2, 0.25) is 0 Å². The number of hydrogen-bond donors (Lipinski definition) is 1. The molecule has 0 heterocycles. The van der Waals surface area contributed by atoms with Crippen LogP contribution in [-0.4, -0.2) is 6.04 Å². The predicted molar refractivity (Wildman–Crippen MR) is 51.7 cm³/mol. The topological polar surface area (TPSA) is 16.6 Å². The first-order valence-corrected chi connectivity index (χ1v) is 4.32. The Morgan fingerprint density at radius 3 is 2.67 bits per heavy atom. The van der Waals surface area contributed by atoms with Gasteiger partial charge in [0, 0.05) is 5.56 Å². The van der Waals surface area contributed by atoms with Crippen molar-refractivity contribution in [2.24, 2.45) is 0 Å². The maximum absolute atomic E-state index is 3.74. The minimum absolute atomic E-state index is 0.505. The molecule has 0 radical (unpaired) electrons. The van der Waals surface area contributed by atoms with Gasteiger partial charge in [-0.15, -0.1) is 0 Å². The first-order chi connectivity index (χ1) is 5.83. The van der Waals surface area contributed by atoms with Crippen LogP contribution in [-0.2, 0) is 6.54 Å². The van der Waals surface area contributed by atoms with Crippen LogP contribution in [0.3, 0.4) is 0 Å². The highest BCUT2D eigenvalue weighted by Crippen LogP contribution is 1.94. The number of quaternary nitrogens is 1. The molecular weight excluding hydrogens is 146 g/mol. The van der Waals surface area contributed by atoms with Crippen molar-refractivity contribution in [2.75, 3.05) is 0 Å². The molecule has 1 heteroatoms. The molecule has 1 aromatic carbocycles. The SMILES string of the molecule is C=C[C@H](C)[NH2+]Cc1ccccc1. The van der Waals surface area contributed by atoms with Gasteiger partial charge < -0.3 is 5.32 Å². The van der Waals surface area contributed by atoms with E-state index >= 15 is 0 Å². The lowest BCUT2D eigenvalue weighted by Gasteiger charge is -2.04. The maximum Gasteiger partial charge on any atom is 0.102 e. The molecule has 0 aromatic heterocycles. The molecule has 0 bridgehead atoms. The van der Waals surface area contributed by atoms with E-state index in [2.05, 4.69) is 43.1 Å². The van der Waals surface area contributed by atoms with E-state index in [0.29, 0.717) is 6.04 Å². The van der Waals surface area contributed by atoms with Crippen LogP contribution < -0.4 is 5.32 Å². The van der Waals surface area contributed by atoms with Crippen molar-refractivity contribution in [1.82, 2.24) is 0 Å². The van der Waals surface area contributed by atoms with Crippen molar-refractivity contribution in [3.8, 4) is 0 Å². The lowest BCUT2D eigenvalue weighted by atomic mass is 10.2. The van der Waals surface area contributed by atoms with Crippen molar-refractivity contribution in [1.29, 1.82) is 0 Å². The minimum Gasteiger partial charge on any atom is -0.337 e. The smallest absolute Gasteiger partial charge is 0.102 e. The highest BCUT2D eigenvalue weighted by atomic mass is 14.9. The van der Waals surface area contributed by atoms with Crippen LogP contribution in [0.2, 0.25) is 0 Å². The van der Waals surface area contributed by atoms with Gasteiger partial charge in [0.25, 0.3) is 0 Å². The van der Waals surface area contributed by atoms with Crippen molar-refractivity contribution in [3.63, 3.8) is 0 Å². The molecule has 0 unspecified atom stereocenters. The van der Waals surface area contributed by atoms with Gasteiger partial charge in [0.1, 0.15) is 12.6 Å². The Kier molecular flexibility index (Phi) is 3.55. The molecule has 64 valence electrons. The minimum atomic E-state index is 0.505. The lowest BCUT2D eigenvalue weighted by Crippen LogP contribution is -2.87. The molecule has 1 aromatic rings. The molecule has 0 spiro atoms. The molecular formula is C11H16N+. The summed E-state index contributed by atoms with van der Waals surface area (Å²) in [5, 5.41) is 2.27. The Labute approximate surface area is 74.1 Å². The average Bonchev–Trinajstić information content (AvgIpc) is 2.16. The zero-order valence-corrected chi connectivity index (χ0v) is 7.53. The monoisotopic (exact) mass is 162 g/mol. The summed E-state index contributed by atoms with van der Waals surface area (Å²) in [6, 6.07) is 11.0. The molecule has 1 rings (SSSR count). The highest BCUT2D eigenvalue weighted by Gasteiger charge is 1.98. The van der Waals surface area contributed by atoms with E-state index in [-0.39, 0.29) is 0 Å². The summed E-state index contributed by atoms with van der Waals surface area (Å²) < 4.78 is 0. The zero-order chi connectivity index (χ0) is 8.81. The van der Waals surface area contributed by atoms with Crippen LogP contribution in [0.4, 0.5) is 0 Å². The van der Waals surface area contributed by atoms with E-state index in [1.165, 1.54) is 5.56 Å². The summed E-state index contributed by atoms with van der Waals surface area (Å²) in [5.41, 5.74) is 1.37. The van der Waals surface area contributed by atoms with Crippen molar-refractivity contribution < 1.29 is 5.32 Å². The molecule has 0 aliphatic heterocycles. The second kappa shape index (κ2) is 4.73. The second-order valence-corrected chi connectivity index (χ2v) is 3.02. The molecule has 1 nitrogen and oxygen atoms in total. The van der Waals surface area contributed by atoms with E-state index in [4.69, 9.17) is 0 Å². The van der Waals surface area contributed by atoms with Gasteiger partial charge in [0.15, 0.2) is 0 Å². The summed E-state index contributed by atoms with van der Waals surface area (Å²) in [4.78, 5) is 0. The summed E-state index contributed by atoms with van der Waals surface area (Å²) in [5.74, 6) is 0. The molecule has 0 aliphatic rings. The van der Waals surface area contributed by atoms with Crippen molar-refractivity contribution in [2.45, 2.75) is 19.5 Å². The Balaban J connectivity index is 2.38. The Morgan fingerprint density at radius 1 is 1.42 bits per heavy atom. The molecule has 1 atom stereocenters. The zero-order valence-electron chi connectivity index (χ0n) is 7.53. The predicted octanol–water partition coefficient (Wildman–Crippen LogP) is 1.32. The van der Waals surface area contributed by atoms with Crippen LogP contribution in [0.15, 0.2) is 43.0 Å². The molecule has 0 fully saturated rings. The highest BCUT2D eigenvalue weighted by molar-refractivity contribution is 5.12. The van der Waals surface area contributed by atoms with E-state index < -0.39 is 0 Å². The average molecular weight is 162 g/mol. The quantitative estimate of drug-likeness (QED) is 0.643. The lowest BCUT2D eigenvalue weighted by molar-refractivity contribution is -0.691. The molecule has 0 saturated carbocycles. The van der Waals surface area contributed by atoms with E-state index in [9.17, 15) is 0 Å². The molecule has 12 heavy (non-hydrogen) atoms. The van der Waals surface area contributed by atoms with Crippen LogP contribution in [0.5, 0.6) is 0 Å². The van der Waals surface area contributed by atoms with Gasteiger partial charge >= 0.3 is 0 Å². The van der Waals surface area contributed by atoms with Gasteiger partial charge in [-0.25, -0.2) is 0 Å². The Bertz CT molecular complexity index is 228. The molecule has 2 N–H and O–H groups in total. The van der Waals surface area contributed by atoms with Crippen LogP contribution >= 0.6 is 0 Å². The van der Waals surface area contributed by atoms with Crippen molar-refractivity contribution >= 4 is 0 Å². The fourth-order valence-corrected chi connectivity index (χ4v) is 1.03. The molecule has 0 saturated heterocycles. The number of rotatable bonds is 4. The van der Waals surface area contributed by atoms with Crippen LogP contribution in [0.25, 0.3) is 0 Å². The third kappa shape index (κ3) is 2.89. The number of nitrogens with two attached hydrogens (primary N) is 1. The summed E-state index contributed by atoms with van der Waals surface area (Å²) in [6.45, 7) is 6.93. The summed E-state index contributed by atoms with van der Waals surface area (Å²) in [7, 11) is 0. The Hall–Kier alpha value is -1.08.